The van der Waals surface area contributed by atoms with Gasteiger partial charge in [-0.25, -0.2) is 0 Å². The highest BCUT2D eigenvalue weighted by Gasteiger charge is 1.89. The van der Waals surface area contributed by atoms with Gasteiger partial charge in [0.25, 0.3) is 0 Å². The predicted octanol–water partition coefficient (Wildman–Crippen LogP) is 1.80. The van der Waals surface area contributed by atoms with Crippen LogP contribution in [-0.2, 0) is 6.42 Å². The number of benzene rings is 1. The zero-order valence-corrected chi connectivity index (χ0v) is 6.59. The molecule has 0 unspecified atom stereocenters. The summed E-state index contributed by atoms with van der Waals surface area (Å²) >= 11 is 0. The fraction of sp³-hybridized carbons (Fsp3) is 0.400. The van der Waals surface area contributed by atoms with E-state index < -0.39 is 0 Å². The molecule has 11 heavy (non-hydrogen) atoms. The van der Waals surface area contributed by atoms with Crippen molar-refractivity contribution in [2.75, 3.05) is 6.61 Å². The first-order valence-electron chi connectivity index (χ1n) is 3.99. The molecule has 0 saturated carbocycles. The molecule has 1 rings (SSSR count). The largest absolute Gasteiger partial charge is 0.396 e. The number of aryl methyl sites for hydroxylation is 1. The molecule has 0 bridgehead atoms. The van der Waals surface area contributed by atoms with Crippen molar-refractivity contribution >= 4 is 0 Å². The van der Waals surface area contributed by atoms with Crippen LogP contribution in [-0.4, -0.2) is 11.7 Å². The van der Waals surface area contributed by atoms with Crippen molar-refractivity contribution in [2.24, 2.45) is 0 Å². The molecule has 59 valence electrons. The van der Waals surface area contributed by atoms with E-state index in [1.165, 1.54) is 5.56 Å². The smallest absolute Gasteiger partial charge is 0.0431 e. The van der Waals surface area contributed by atoms with Crippen LogP contribution in [0.25, 0.3) is 0 Å². The highest BCUT2D eigenvalue weighted by Crippen LogP contribution is 2.03. The second-order valence-corrected chi connectivity index (χ2v) is 2.59. The fourth-order valence-electron chi connectivity index (χ4n) is 1.03. The maximum atomic E-state index is 8.54. The van der Waals surface area contributed by atoms with Crippen LogP contribution in [0.1, 0.15) is 18.4 Å². The van der Waals surface area contributed by atoms with Crippen molar-refractivity contribution in [3.8, 4) is 0 Å². The first kappa shape index (κ1) is 8.28. The number of unbranched alkanes of at least 4 members (excludes halogenated alkanes) is 1. The lowest BCUT2D eigenvalue weighted by Gasteiger charge is -1.97. The van der Waals surface area contributed by atoms with Crippen molar-refractivity contribution in [3.05, 3.63) is 35.9 Å². The lowest BCUT2D eigenvalue weighted by atomic mass is 10.1. The van der Waals surface area contributed by atoms with E-state index in [9.17, 15) is 0 Å². The Morgan fingerprint density at radius 2 is 1.91 bits per heavy atom. The van der Waals surface area contributed by atoms with Gasteiger partial charge in [0.2, 0.25) is 0 Å². The van der Waals surface area contributed by atoms with E-state index in [1.54, 1.807) is 0 Å². The van der Waals surface area contributed by atoms with E-state index in [0.717, 1.165) is 19.3 Å². The second kappa shape index (κ2) is 4.91. The molecule has 0 heterocycles. The molecule has 0 spiro atoms. The summed E-state index contributed by atoms with van der Waals surface area (Å²) < 4.78 is 0. The third-order valence-corrected chi connectivity index (χ3v) is 1.66. The normalized spacial score (nSPS) is 9.91. The van der Waals surface area contributed by atoms with Crippen LogP contribution < -0.4 is 0 Å². The van der Waals surface area contributed by atoms with Gasteiger partial charge in [0.15, 0.2) is 0 Å². The van der Waals surface area contributed by atoms with Crippen molar-refractivity contribution in [3.63, 3.8) is 0 Å². The summed E-state index contributed by atoms with van der Waals surface area (Å²) in [4.78, 5) is 0. The van der Waals surface area contributed by atoms with Crippen LogP contribution in [0.15, 0.2) is 24.3 Å². The summed E-state index contributed by atoms with van der Waals surface area (Å²) in [6.07, 6.45) is 3.04. The van der Waals surface area contributed by atoms with E-state index >= 15 is 0 Å². The maximum absolute atomic E-state index is 8.54. The van der Waals surface area contributed by atoms with Gasteiger partial charge in [-0.15, -0.1) is 0 Å². The van der Waals surface area contributed by atoms with Crippen molar-refractivity contribution < 1.29 is 5.11 Å². The highest BCUT2D eigenvalue weighted by atomic mass is 16.2. The van der Waals surface area contributed by atoms with Crippen LogP contribution in [0.4, 0.5) is 0 Å². The monoisotopic (exact) mass is 149 g/mol. The van der Waals surface area contributed by atoms with Crippen LogP contribution in [0.2, 0.25) is 0 Å². The molecule has 1 aromatic carbocycles. The molecule has 0 aliphatic heterocycles. The van der Waals surface area contributed by atoms with Gasteiger partial charge in [0, 0.05) is 6.61 Å². The number of hydrogen-bond acceptors (Lipinski definition) is 1. The van der Waals surface area contributed by atoms with E-state index in [2.05, 4.69) is 18.2 Å². The first-order valence-corrected chi connectivity index (χ1v) is 3.99. The van der Waals surface area contributed by atoms with E-state index in [-0.39, 0.29) is 0 Å². The molecule has 1 aromatic rings. The van der Waals surface area contributed by atoms with Gasteiger partial charge in [0.1, 0.15) is 0 Å². The molecule has 0 aliphatic rings. The summed E-state index contributed by atoms with van der Waals surface area (Å²) in [7, 11) is 0. The Morgan fingerprint density at radius 3 is 2.55 bits per heavy atom. The quantitative estimate of drug-likeness (QED) is 0.647. The molecule has 0 amide bonds. The Kier molecular flexibility index (Phi) is 3.70. The number of rotatable bonds is 4. The van der Waals surface area contributed by atoms with Gasteiger partial charge in [-0.3, -0.25) is 0 Å². The molecule has 0 aromatic heterocycles. The first-order chi connectivity index (χ1) is 5.43. The Balaban J connectivity index is 2.28. The zero-order chi connectivity index (χ0) is 7.94. The fourth-order valence-corrected chi connectivity index (χ4v) is 1.03. The maximum Gasteiger partial charge on any atom is 0.0431 e. The van der Waals surface area contributed by atoms with E-state index in [0.29, 0.717) is 6.61 Å². The van der Waals surface area contributed by atoms with E-state index in [4.69, 9.17) is 5.11 Å². The number of hydrogen-bond donors (Lipinski definition) is 1. The molecule has 1 nitrogen and oxygen atoms in total. The molecule has 1 radical (unpaired) electrons. The molecular formula is C10H13O. The Morgan fingerprint density at radius 1 is 1.18 bits per heavy atom. The van der Waals surface area contributed by atoms with Gasteiger partial charge in [-0.05, 0) is 30.9 Å². The van der Waals surface area contributed by atoms with Gasteiger partial charge in [-0.2, -0.15) is 0 Å². The summed E-state index contributed by atoms with van der Waals surface area (Å²) in [5.74, 6) is 0. The SMILES string of the molecule is OCCCCc1cc[c]cc1. The average Bonchev–Trinajstić information content (AvgIpc) is 2.07. The highest BCUT2D eigenvalue weighted by molar-refractivity contribution is 5.13. The standard InChI is InChI=1S/C10H13O/c11-9-5-4-8-10-6-2-1-3-7-10/h2-3,6-7,11H,4-5,8-9H2. The van der Waals surface area contributed by atoms with Gasteiger partial charge < -0.3 is 5.11 Å². The molecule has 1 N–H and O–H groups in total. The Hall–Kier alpha value is -0.820. The third-order valence-electron chi connectivity index (χ3n) is 1.66. The lowest BCUT2D eigenvalue weighted by Crippen LogP contribution is -1.87. The molecule has 1 heteroatoms. The molecule has 0 saturated heterocycles. The predicted molar refractivity (Wildman–Crippen MR) is 45.3 cm³/mol. The Labute approximate surface area is 67.7 Å². The van der Waals surface area contributed by atoms with Crippen LogP contribution in [0.3, 0.4) is 0 Å². The lowest BCUT2D eigenvalue weighted by molar-refractivity contribution is 0.284. The summed E-state index contributed by atoms with van der Waals surface area (Å²) in [6.45, 7) is 0.305. The van der Waals surface area contributed by atoms with Gasteiger partial charge in [0.05, 0.1) is 0 Å². The van der Waals surface area contributed by atoms with Gasteiger partial charge >= 0.3 is 0 Å². The number of aliphatic hydroxyl groups is 1. The summed E-state index contributed by atoms with van der Waals surface area (Å²) in [5, 5.41) is 8.54. The molecule has 0 atom stereocenters. The minimum Gasteiger partial charge on any atom is -0.396 e. The Bertz CT molecular complexity index is 181. The minimum atomic E-state index is 0.305. The van der Waals surface area contributed by atoms with Crippen LogP contribution in [0, 0.1) is 6.07 Å². The second-order valence-electron chi connectivity index (χ2n) is 2.59. The van der Waals surface area contributed by atoms with Crippen molar-refractivity contribution in [2.45, 2.75) is 19.3 Å². The van der Waals surface area contributed by atoms with Crippen molar-refractivity contribution in [1.29, 1.82) is 0 Å². The zero-order valence-electron chi connectivity index (χ0n) is 6.59. The van der Waals surface area contributed by atoms with Gasteiger partial charge in [-0.1, -0.05) is 24.3 Å². The van der Waals surface area contributed by atoms with E-state index in [1.807, 2.05) is 12.1 Å². The summed E-state index contributed by atoms with van der Waals surface area (Å²) in [5.41, 5.74) is 1.33. The molecule has 0 aliphatic carbocycles. The van der Waals surface area contributed by atoms with Crippen molar-refractivity contribution in [1.82, 2.24) is 0 Å². The summed E-state index contributed by atoms with van der Waals surface area (Å²) in [6, 6.07) is 11.0. The molecule has 0 fully saturated rings. The minimum absolute atomic E-state index is 0.305. The van der Waals surface area contributed by atoms with Crippen LogP contribution >= 0.6 is 0 Å². The topological polar surface area (TPSA) is 20.2 Å². The van der Waals surface area contributed by atoms with Crippen LogP contribution in [0.5, 0.6) is 0 Å². The third kappa shape index (κ3) is 3.19. The molecular weight excluding hydrogens is 136 g/mol. The number of aliphatic hydroxyl groups excluding tert-OH is 1. The average molecular weight is 149 g/mol.